The van der Waals surface area contributed by atoms with Gasteiger partial charge in [0.1, 0.15) is 10.9 Å². The molecule has 0 unspecified atom stereocenters. The number of thiophene rings is 1. The molecule has 0 saturated heterocycles. The quantitative estimate of drug-likeness (QED) is 0.646. The molecule has 0 radical (unpaired) electrons. The molecule has 2 aromatic heterocycles. The van der Waals surface area contributed by atoms with Gasteiger partial charge in [0.05, 0.1) is 5.51 Å². The normalized spacial score (nSPS) is 7.92. The topological polar surface area (TPSA) is 36.7 Å². The van der Waals surface area contributed by atoms with Crippen molar-refractivity contribution >= 4 is 22.7 Å². The van der Waals surface area contributed by atoms with Gasteiger partial charge in [-0.05, 0) is 11.4 Å². The molecule has 0 aromatic carbocycles. The largest absolute Gasteiger partial charge is 0.253 e. The molecule has 2 heterocycles. The number of rotatable bonds is 0. The molecule has 0 atom stereocenters. The molecule has 0 bridgehead atoms. The molecule has 0 aliphatic carbocycles. The number of nitriles is 1. The Balaban J connectivity index is 0.000000127. The van der Waals surface area contributed by atoms with Crippen molar-refractivity contribution in [3.8, 4) is 6.07 Å². The van der Waals surface area contributed by atoms with Gasteiger partial charge in [-0.15, -0.1) is 22.7 Å². The first-order valence-corrected chi connectivity index (χ1v) is 5.01. The van der Waals surface area contributed by atoms with Crippen molar-refractivity contribution in [2.75, 3.05) is 0 Å². The van der Waals surface area contributed by atoms with E-state index in [1.807, 2.05) is 22.9 Å². The van der Waals surface area contributed by atoms with Crippen LogP contribution in [-0.2, 0) is 0 Å². The third-order valence-electron chi connectivity index (χ3n) is 0.979. The predicted octanol–water partition coefficient (Wildman–Crippen LogP) is 2.76. The maximum Gasteiger partial charge on any atom is 0.110 e. The number of thiazole rings is 1. The highest BCUT2D eigenvalue weighted by atomic mass is 32.1. The highest BCUT2D eigenvalue weighted by Crippen LogP contribution is 2.04. The summed E-state index contributed by atoms with van der Waals surface area (Å²) in [7, 11) is 0. The van der Waals surface area contributed by atoms with Crippen LogP contribution in [0.3, 0.4) is 0 Å². The van der Waals surface area contributed by atoms with Crippen LogP contribution < -0.4 is 0 Å². The van der Waals surface area contributed by atoms with E-state index in [0.717, 1.165) is 4.88 Å². The minimum Gasteiger partial charge on any atom is -0.253 e. The monoisotopic (exact) mass is 194 g/mol. The first kappa shape index (κ1) is 8.91. The molecule has 0 N–H and O–H groups in total. The molecule has 0 aliphatic rings. The van der Waals surface area contributed by atoms with Gasteiger partial charge < -0.3 is 0 Å². The zero-order chi connectivity index (χ0) is 8.65. The lowest BCUT2D eigenvalue weighted by Gasteiger charge is -1.62. The predicted molar refractivity (Wildman–Crippen MR) is 51.1 cm³/mol. The van der Waals surface area contributed by atoms with Crippen molar-refractivity contribution in [1.29, 1.82) is 5.26 Å². The van der Waals surface area contributed by atoms with Gasteiger partial charge >= 0.3 is 0 Å². The summed E-state index contributed by atoms with van der Waals surface area (Å²) in [4.78, 5) is 4.52. The average Bonchev–Trinajstić information content (AvgIpc) is 2.81. The summed E-state index contributed by atoms with van der Waals surface area (Å²) in [5.74, 6) is 0. The SMILES string of the molecule is N#Cc1cccs1.c1cscn1. The molecule has 2 aromatic rings. The van der Waals surface area contributed by atoms with E-state index >= 15 is 0 Å². The lowest BCUT2D eigenvalue weighted by Crippen LogP contribution is -1.50. The summed E-state index contributed by atoms with van der Waals surface area (Å²) in [6, 6.07) is 5.69. The number of hydrogen-bond donors (Lipinski definition) is 0. The number of aromatic nitrogens is 1. The molecule has 0 spiro atoms. The van der Waals surface area contributed by atoms with E-state index in [1.54, 1.807) is 29.1 Å². The molecule has 12 heavy (non-hydrogen) atoms. The van der Waals surface area contributed by atoms with Crippen LogP contribution in [0.1, 0.15) is 4.88 Å². The zero-order valence-corrected chi connectivity index (χ0v) is 7.81. The molecular formula is C8H6N2S2. The summed E-state index contributed by atoms with van der Waals surface area (Å²) in [5, 5.41) is 12.0. The fraction of sp³-hybridized carbons (Fsp3) is 0. The fourth-order valence-corrected chi connectivity index (χ4v) is 1.38. The van der Waals surface area contributed by atoms with Crippen LogP contribution in [0.4, 0.5) is 0 Å². The smallest absolute Gasteiger partial charge is 0.110 e. The fourth-order valence-electron chi connectivity index (χ4n) is 0.518. The van der Waals surface area contributed by atoms with Crippen molar-refractivity contribution in [2.45, 2.75) is 0 Å². The van der Waals surface area contributed by atoms with Crippen LogP contribution in [-0.4, -0.2) is 4.98 Å². The van der Waals surface area contributed by atoms with Crippen LogP contribution in [0.5, 0.6) is 0 Å². The third-order valence-corrected chi connectivity index (χ3v) is 2.28. The molecule has 0 saturated carbocycles. The minimum atomic E-state index is 0.778. The van der Waals surface area contributed by atoms with Gasteiger partial charge in [0, 0.05) is 11.6 Å². The van der Waals surface area contributed by atoms with Gasteiger partial charge in [0.25, 0.3) is 0 Å². The van der Waals surface area contributed by atoms with E-state index in [1.165, 1.54) is 11.3 Å². The lowest BCUT2D eigenvalue weighted by atomic mass is 10.5. The number of hydrogen-bond acceptors (Lipinski definition) is 4. The Bertz CT molecular complexity index is 301. The van der Waals surface area contributed by atoms with Crippen LogP contribution in [0, 0.1) is 11.3 Å². The second-order valence-corrected chi connectivity index (χ2v) is 3.47. The summed E-state index contributed by atoms with van der Waals surface area (Å²) < 4.78 is 0. The Morgan fingerprint density at radius 1 is 1.42 bits per heavy atom. The van der Waals surface area contributed by atoms with Crippen molar-refractivity contribution in [2.24, 2.45) is 0 Å². The Kier molecular flexibility index (Phi) is 4.06. The third kappa shape index (κ3) is 3.28. The molecule has 0 aliphatic heterocycles. The minimum absolute atomic E-state index is 0.778. The van der Waals surface area contributed by atoms with Gasteiger partial charge in [-0.2, -0.15) is 5.26 Å². The molecule has 0 fully saturated rings. The average molecular weight is 194 g/mol. The summed E-state index contributed by atoms with van der Waals surface area (Å²) >= 11 is 3.06. The summed E-state index contributed by atoms with van der Waals surface area (Å²) in [6.07, 6.45) is 1.77. The zero-order valence-electron chi connectivity index (χ0n) is 6.18. The van der Waals surface area contributed by atoms with E-state index in [-0.39, 0.29) is 0 Å². The van der Waals surface area contributed by atoms with E-state index < -0.39 is 0 Å². The van der Waals surface area contributed by atoms with Gasteiger partial charge in [-0.3, -0.25) is 4.98 Å². The van der Waals surface area contributed by atoms with Crippen molar-refractivity contribution < 1.29 is 0 Å². The standard InChI is InChI=1S/C5H3NS.C3H3NS/c6-4-5-2-1-3-7-5;1-2-5-3-4-1/h1-3H;1-3H. The van der Waals surface area contributed by atoms with Crippen LogP contribution in [0.25, 0.3) is 0 Å². The molecule has 2 rings (SSSR count). The van der Waals surface area contributed by atoms with E-state index in [0.29, 0.717) is 0 Å². The molecular weight excluding hydrogens is 188 g/mol. The summed E-state index contributed by atoms with van der Waals surface area (Å²) in [6.45, 7) is 0. The van der Waals surface area contributed by atoms with Crippen LogP contribution >= 0.6 is 22.7 Å². The summed E-state index contributed by atoms with van der Waals surface area (Å²) in [5.41, 5.74) is 1.79. The van der Waals surface area contributed by atoms with Crippen LogP contribution in [0.2, 0.25) is 0 Å². The van der Waals surface area contributed by atoms with E-state index in [4.69, 9.17) is 5.26 Å². The maximum atomic E-state index is 8.19. The molecule has 4 heteroatoms. The number of nitrogens with zero attached hydrogens (tertiary/aromatic N) is 2. The van der Waals surface area contributed by atoms with Gasteiger partial charge in [0.2, 0.25) is 0 Å². The van der Waals surface area contributed by atoms with Crippen molar-refractivity contribution in [3.05, 3.63) is 39.5 Å². The molecule has 60 valence electrons. The van der Waals surface area contributed by atoms with Gasteiger partial charge in [-0.25, -0.2) is 0 Å². The molecule has 0 amide bonds. The Labute approximate surface area is 78.8 Å². The Morgan fingerprint density at radius 3 is 2.58 bits per heavy atom. The second kappa shape index (κ2) is 5.47. The maximum absolute atomic E-state index is 8.19. The highest BCUT2D eigenvalue weighted by molar-refractivity contribution is 7.10. The lowest BCUT2D eigenvalue weighted by molar-refractivity contribution is 1.43. The van der Waals surface area contributed by atoms with Crippen molar-refractivity contribution in [1.82, 2.24) is 4.98 Å². The van der Waals surface area contributed by atoms with Crippen molar-refractivity contribution in [3.63, 3.8) is 0 Å². The van der Waals surface area contributed by atoms with Crippen LogP contribution in [0.15, 0.2) is 34.6 Å². The second-order valence-electron chi connectivity index (χ2n) is 1.76. The van der Waals surface area contributed by atoms with E-state index in [2.05, 4.69) is 4.98 Å². The first-order valence-electron chi connectivity index (χ1n) is 3.19. The Hall–Kier alpha value is -1.18. The van der Waals surface area contributed by atoms with Gasteiger partial charge in [0.15, 0.2) is 0 Å². The highest BCUT2D eigenvalue weighted by Gasteiger charge is 1.82. The Morgan fingerprint density at radius 2 is 2.33 bits per heavy atom. The molecule has 2 nitrogen and oxygen atoms in total. The van der Waals surface area contributed by atoms with Gasteiger partial charge in [-0.1, -0.05) is 6.07 Å². The first-order chi connectivity index (χ1) is 5.93. The van der Waals surface area contributed by atoms with E-state index in [9.17, 15) is 0 Å².